The molecule has 128 valence electrons. The van der Waals surface area contributed by atoms with Crippen LogP contribution in [0.4, 0.5) is 0 Å². The molecule has 0 heterocycles. The number of carbonyl (C=O) groups is 1. The molecule has 0 unspecified atom stereocenters. The minimum atomic E-state index is -1.08. The van der Waals surface area contributed by atoms with E-state index in [1.54, 1.807) is 0 Å². The van der Waals surface area contributed by atoms with Crippen LogP contribution in [-0.2, 0) is 4.79 Å². The molecule has 0 aliphatic heterocycles. The summed E-state index contributed by atoms with van der Waals surface area (Å²) in [5.41, 5.74) is 0. The normalized spacial score (nSPS) is 10.9. The van der Waals surface area contributed by atoms with Crippen molar-refractivity contribution < 1.29 is 14.4 Å². The van der Waals surface area contributed by atoms with Crippen LogP contribution in [0.25, 0.3) is 0 Å². The molecule has 3 heteroatoms. The van der Waals surface area contributed by atoms with Gasteiger partial charge in [0.25, 0.3) is 0 Å². The summed E-state index contributed by atoms with van der Waals surface area (Å²) in [5, 5.41) is 8.89. The zero-order chi connectivity index (χ0) is 16.6. The Morgan fingerprint density at radius 3 is 1.05 bits per heavy atom. The predicted molar refractivity (Wildman–Crippen MR) is 90.0 cm³/mol. The standard InChI is InChI=1S/C16H36N.C2H4O2/c1-5-9-13-17(14-10-6-2,15-11-7-3)16-12-8-4;1-2(3)4/h5-16H2,1-4H3;1H3,(H,3,4)/q+1;/p-1. The number of carbonyl (C=O) groups excluding carboxylic acids is 1. The van der Waals surface area contributed by atoms with E-state index in [0.29, 0.717) is 0 Å². The van der Waals surface area contributed by atoms with Crippen LogP contribution in [0.2, 0.25) is 0 Å². The van der Waals surface area contributed by atoms with Crippen LogP contribution in [0.5, 0.6) is 0 Å². The number of aliphatic carboxylic acids is 1. The van der Waals surface area contributed by atoms with Crippen LogP contribution in [0.3, 0.4) is 0 Å². The lowest BCUT2D eigenvalue weighted by Gasteiger charge is -2.39. The fourth-order valence-corrected chi connectivity index (χ4v) is 2.64. The van der Waals surface area contributed by atoms with E-state index >= 15 is 0 Å². The van der Waals surface area contributed by atoms with Crippen molar-refractivity contribution in [2.75, 3.05) is 26.2 Å². The number of carboxylic acid groups (broad SMARTS) is 1. The van der Waals surface area contributed by atoms with Gasteiger partial charge in [0.1, 0.15) is 0 Å². The number of carboxylic acids is 1. The summed E-state index contributed by atoms with van der Waals surface area (Å²) in [5.74, 6) is -1.08. The van der Waals surface area contributed by atoms with E-state index in [2.05, 4.69) is 27.7 Å². The monoisotopic (exact) mass is 301 g/mol. The van der Waals surface area contributed by atoms with E-state index in [4.69, 9.17) is 9.90 Å². The summed E-state index contributed by atoms with van der Waals surface area (Å²) >= 11 is 0. The van der Waals surface area contributed by atoms with E-state index in [1.165, 1.54) is 82.0 Å². The Balaban J connectivity index is 0. The Morgan fingerprint density at radius 2 is 0.905 bits per heavy atom. The maximum Gasteiger partial charge on any atom is 0.0786 e. The Labute approximate surface area is 133 Å². The van der Waals surface area contributed by atoms with Crippen molar-refractivity contribution in [2.45, 2.75) is 86.0 Å². The fourth-order valence-electron chi connectivity index (χ4n) is 2.64. The SMILES string of the molecule is CC(=O)[O-].CCCC[N+](CCCC)(CCCC)CCCC. The molecule has 0 atom stereocenters. The first kappa shape index (κ1) is 22.7. The molecule has 0 aromatic rings. The molecule has 0 amide bonds. The second kappa shape index (κ2) is 15.8. The number of nitrogens with zero attached hydrogens (tertiary/aromatic N) is 1. The molecular weight excluding hydrogens is 262 g/mol. The van der Waals surface area contributed by atoms with Crippen LogP contribution in [0, 0.1) is 0 Å². The van der Waals surface area contributed by atoms with E-state index in [0.717, 1.165) is 6.92 Å². The van der Waals surface area contributed by atoms with Gasteiger partial charge in [-0.3, -0.25) is 0 Å². The highest BCUT2D eigenvalue weighted by Gasteiger charge is 2.24. The molecule has 0 fully saturated rings. The second-order valence-electron chi connectivity index (χ2n) is 6.14. The summed E-state index contributed by atoms with van der Waals surface area (Å²) in [6.07, 6.45) is 11.1. The maximum absolute atomic E-state index is 8.89. The lowest BCUT2D eigenvalue weighted by molar-refractivity contribution is -0.929. The molecule has 0 bridgehead atoms. The third-order valence-electron chi connectivity index (χ3n) is 3.94. The molecule has 0 saturated carbocycles. The average Bonchev–Trinajstić information content (AvgIpc) is 2.45. The first-order chi connectivity index (χ1) is 9.97. The highest BCUT2D eigenvalue weighted by molar-refractivity contribution is 5.60. The van der Waals surface area contributed by atoms with Gasteiger partial charge in [-0.2, -0.15) is 0 Å². The predicted octanol–water partition coefficient (Wildman–Crippen LogP) is 3.76. The Kier molecular flexibility index (Phi) is 17.1. The summed E-state index contributed by atoms with van der Waals surface area (Å²) in [6.45, 7) is 16.0. The van der Waals surface area contributed by atoms with Gasteiger partial charge in [0.2, 0.25) is 0 Å². The molecule has 0 rings (SSSR count). The van der Waals surface area contributed by atoms with Gasteiger partial charge in [0.15, 0.2) is 0 Å². The van der Waals surface area contributed by atoms with Crippen molar-refractivity contribution in [1.29, 1.82) is 0 Å². The third kappa shape index (κ3) is 15.6. The van der Waals surface area contributed by atoms with Gasteiger partial charge in [-0.1, -0.05) is 53.4 Å². The summed E-state index contributed by atoms with van der Waals surface area (Å²) in [4.78, 5) is 8.89. The topological polar surface area (TPSA) is 40.1 Å². The van der Waals surface area contributed by atoms with Crippen LogP contribution in [0.15, 0.2) is 0 Å². The number of hydrogen-bond donors (Lipinski definition) is 0. The Bertz CT molecular complexity index is 188. The average molecular weight is 302 g/mol. The van der Waals surface area contributed by atoms with E-state index in [9.17, 15) is 0 Å². The van der Waals surface area contributed by atoms with Gasteiger partial charge in [-0.05, 0) is 32.6 Å². The minimum Gasteiger partial charge on any atom is -0.550 e. The largest absolute Gasteiger partial charge is 0.550 e. The molecule has 0 N–H and O–H groups in total. The van der Waals surface area contributed by atoms with Crippen molar-refractivity contribution in [1.82, 2.24) is 0 Å². The highest BCUT2D eigenvalue weighted by atomic mass is 16.4. The molecule has 0 saturated heterocycles. The molecule has 0 aliphatic rings. The summed E-state index contributed by atoms with van der Waals surface area (Å²) in [7, 11) is 0. The first-order valence-corrected chi connectivity index (χ1v) is 9.00. The van der Waals surface area contributed by atoms with E-state index in [1.807, 2.05) is 0 Å². The van der Waals surface area contributed by atoms with Crippen molar-refractivity contribution in [2.24, 2.45) is 0 Å². The van der Waals surface area contributed by atoms with Gasteiger partial charge < -0.3 is 14.4 Å². The molecule has 3 nitrogen and oxygen atoms in total. The number of rotatable bonds is 12. The molecular formula is C18H39NO2. The number of hydrogen-bond acceptors (Lipinski definition) is 2. The zero-order valence-corrected chi connectivity index (χ0v) is 15.2. The Hall–Kier alpha value is -0.570. The zero-order valence-electron chi connectivity index (χ0n) is 15.2. The first-order valence-electron chi connectivity index (χ1n) is 9.00. The van der Waals surface area contributed by atoms with Crippen molar-refractivity contribution in [3.8, 4) is 0 Å². The third-order valence-corrected chi connectivity index (χ3v) is 3.94. The lowest BCUT2D eigenvalue weighted by Crippen LogP contribution is -2.50. The molecule has 0 spiro atoms. The minimum absolute atomic E-state index is 0.972. The van der Waals surface area contributed by atoms with Gasteiger partial charge >= 0.3 is 0 Å². The lowest BCUT2D eigenvalue weighted by atomic mass is 10.1. The molecule has 21 heavy (non-hydrogen) atoms. The number of unbranched alkanes of at least 4 members (excludes halogenated alkanes) is 4. The van der Waals surface area contributed by atoms with Crippen LogP contribution in [0.1, 0.15) is 86.0 Å². The van der Waals surface area contributed by atoms with E-state index in [-0.39, 0.29) is 0 Å². The van der Waals surface area contributed by atoms with Gasteiger partial charge in [-0.15, -0.1) is 0 Å². The highest BCUT2D eigenvalue weighted by Crippen LogP contribution is 2.16. The molecule has 0 aromatic carbocycles. The quantitative estimate of drug-likeness (QED) is 0.515. The van der Waals surface area contributed by atoms with E-state index < -0.39 is 5.97 Å². The smallest absolute Gasteiger partial charge is 0.0786 e. The molecule has 0 radical (unpaired) electrons. The Morgan fingerprint density at radius 1 is 0.714 bits per heavy atom. The van der Waals surface area contributed by atoms with Crippen molar-refractivity contribution >= 4 is 5.97 Å². The van der Waals surface area contributed by atoms with Crippen LogP contribution in [-0.4, -0.2) is 36.6 Å². The maximum atomic E-state index is 8.89. The number of quaternary nitrogens is 1. The molecule has 0 aliphatic carbocycles. The molecule has 0 aromatic heterocycles. The van der Waals surface area contributed by atoms with Gasteiger partial charge in [0.05, 0.1) is 26.2 Å². The van der Waals surface area contributed by atoms with Gasteiger partial charge in [-0.25, -0.2) is 0 Å². The van der Waals surface area contributed by atoms with Crippen LogP contribution >= 0.6 is 0 Å². The van der Waals surface area contributed by atoms with Crippen molar-refractivity contribution in [3.63, 3.8) is 0 Å². The van der Waals surface area contributed by atoms with Gasteiger partial charge in [0, 0.05) is 5.97 Å². The fraction of sp³-hybridized carbons (Fsp3) is 0.944. The summed E-state index contributed by atoms with van der Waals surface area (Å²) < 4.78 is 1.42. The summed E-state index contributed by atoms with van der Waals surface area (Å²) in [6, 6.07) is 0. The van der Waals surface area contributed by atoms with Crippen LogP contribution < -0.4 is 5.11 Å². The van der Waals surface area contributed by atoms with Crippen molar-refractivity contribution in [3.05, 3.63) is 0 Å². The second-order valence-corrected chi connectivity index (χ2v) is 6.14.